The third-order valence-electron chi connectivity index (χ3n) is 4.46. The Bertz CT molecular complexity index is 956. The zero-order valence-electron chi connectivity index (χ0n) is 18.1. The van der Waals surface area contributed by atoms with Gasteiger partial charge in [0.15, 0.2) is 0 Å². The van der Waals surface area contributed by atoms with Crippen LogP contribution in [-0.4, -0.2) is 40.7 Å². The predicted octanol–water partition coefficient (Wildman–Crippen LogP) is 3.20. The molecule has 0 saturated carbocycles. The summed E-state index contributed by atoms with van der Waals surface area (Å²) >= 11 is 0. The first-order valence-electron chi connectivity index (χ1n) is 9.80. The summed E-state index contributed by atoms with van der Waals surface area (Å²) in [5.74, 6) is 0.429. The molecule has 164 valence electrons. The van der Waals surface area contributed by atoms with Crippen molar-refractivity contribution >= 4 is 15.9 Å². The number of rotatable bonds is 10. The first kappa shape index (κ1) is 23.9. The molecule has 8 heteroatoms. The van der Waals surface area contributed by atoms with E-state index in [0.717, 1.165) is 11.3 Å². The summed E-state index contributed by atoms with van der Waals surface area (Å²) in [4.78, 5) is 12.9. The Kier molecular flexibility index (Phi) is 8.40. The molecule has 30 heavy (non-hydrogen) atoms. The second-order valence-corrected chi connectivity index (χ2v) is 9.07. The number of methoxy groups -OCH3 is 1. The number of benzene rings is 2. The van der Waals surface area contributed by atoms with Crippen molar-refractivity contribution in [2.45, 2.75) is 44.7 Å². The Morgan fingerprint density at radius 3 is 2.33 bits per heavy atom. The minimum Gasteiger partial charge on any atom is -0.491 e. The zero-order chi connectivity index (χ0) is 22.3. The summed E-state index contributed by atoms with van der Waals surface area (Å²) in [6.45, 7) is 7.98. The molecule has 0 aromatic heterocycles. The van der Waals surface area contributed by atoms with Crippen molar-refractivity contribution in [3.63, 3.8) is 0 Å². The summed E-state index contributed by atoms with van der Waals surface area (Å²) in [7, 11) is -2.23. The summed E-state index contributed by atoms with van der Waals surface area (Å²) in [6, 6.07) is 11.8. The highest BCUT2D eigenvalue weighted by Crippen LogP contribution is 2.20. The van der Waals surface area contributed by atoms with Crippen LogP contribution in [0.25, 0.3) is 0 Å². The van der Waals surface area contributed by atoms with Crippen molar-refractivity contribution < 1.29 is 22.7 Å². The number of sulfonamides is 1. The molecule has 1 atom stereocenters. The molecule has 2 rings (SSSR count). The predicted molar refractivity (Wildman–Crippen MR) is 116 cm³/mol. The minimum absolute atomic E-state index is 0.0391. The van der Waals surface area contributed by atoms with Gasteiger partial charge in [-0.25, -0.2) is 13.1 Å². The lowest BCUT2D eigenvalue weighted by molar-refractivity contribution is 0.0939. The first-order chi connectivity index (χ1) is 14.1. The molecule has 0 bridgehead atoms. The standard InChI is InChI=1S/C22H30N2O5S/c1-15(2)29-19-9-7-18(8-10-19)17(4)24-22(25)21-14-20(11-6-16(21)3)30(26,27)23-12-13-28-5/h6-11,14-15,17,23H,12-13H2,1-5H3,(H,24,25). The molecule has 1 amide bonds. The highest BCUT2D eigenvalue weighted by atomic mass is 32.2. The van der Waals surface area contributed by atoms with E-state index in [1.807, 2.05) is 45.0 Å². The van der Waals surface area contributed by atoms with Gasteiger partial charge in [-0.3, -0.25) is 4.79 Å². The first-order valence-corrected chi connectivity index (χ1v) is 11.3. The lowest BCUT2D eigenvalue weighted by Crippen LogP contribution is -2.29. The molecule has 0 saturated heterocycles. The van der Waals surface area contributed by atoms with Gasteiger partial charge in [0.2, 0.25) is 10.0 Å². The van der Waals surface area contributed by atoms with Gasteiger partial charge in [-0.2, -0.15) is 0 Å². The molecule has 2 aromatic rings. The fourth-order valence-corrected chi connectivity index (χ4v) is 3.88. The highest BCUT2D eigenvalue weighted by Gasteiger charge is 2.19. The molecule has 0 radical (unpaired) electrons. The van der Waals surface area contributed by atoms with Crippen molar-refractivity contribution in [2.24, 2.45) is 0 Å². The molecule has 0 heterocycles. The van der Waals surface area contributed by atoms with Crippen LogP contribution < -0.4 is 14.8 Å². The molecular weight excluding hydrogens is 404 g/mol. The van der Waals surface area contributed by atoms with E-state index in [1.54, 1.807) is 13.0 Å². The molecule has 0 fully saturated rings. The lowest BCUT2D eigenvalue weighted by atomic mass is 10.1. The number of nitrogens with one attached hydrogen (secondary N) is 2. The van der Waals surface area contributed by atoms with Gasteiger partial charge in [0, 0.05) is 19.2 Å². The molecule has 0 spiro atoms. The van der Waals surface area contributed by atoms with Crippen LogP contribution in [0.2, 0.25) is 0 Å². The van der Waals surface area contributed by atoms with Gasteiger partial charge < -0.3 is 14.8 Å². The third kappa shape index (κ3) is 6.55. The summed E-state index contributed by atoms with van der Waals surface area (Å²) < 4.78 is 37.8. The molecule has 2 aromatic carbocycles. The van der Waals surface area contributed by atoms with Crippen LogP contribution in [0, 0.1) is 6.92 Å². The molecule has 1 unspecified atom stereocenters. The van der Waals surface area contributed by atoms with Crippen LogP contribution in [0.4, 0.5) is 0 Å². The fraction of sp³-hybridized carbons (Fsp3) is 0.409. The van der Waals surface area contributed by atoms with Crippen LogP contribution in [-0.2, 0) is 14.8 Å². The quantitative estimate of drug-likeness (QED) is 0.560. The number of carbonyl (C=O) groups excluding carboxylic acids is 1. The van der Waals surface area contributed by atoms with Crippen LogP contribution in [0.5, 0.6) is 5.75 Å². The smallest absolute Gasteiger partial charge is 0.252 e. The van der Waals surface area contributed by atoms with Gasteiger partial charge in [-0.1, -0.05) is 18.2 Å². The van der Waals surface area contributed by atoms with Gasteiger partial charge in [0.1, 0.15) is 5.75 Å². The van der Waals surface area contributed by atoms with Gasteiger partial charge in [-0.05, 0) is 63.1 Å². The molecule has 7 nitrogen and oxygen atoms in total. The largest absolute Gasteiger partial charge is 0.491 e. The second kappa shape index (κ2) is 10.6. The van der Waals surface area contributed by atoms with Gasteiger partial charge in [0.25, 0.3) is 5.91 Å². The van der Waals surface area contributed by atoms with Crippen LogP contribution in [0.15, 0.2) is 47.4 Å². The normalized spacial score (nSPS) is 12.6. The molecular formula is C22H30N2O5S. The Morgan fingerprint density at radius 1 is 1.07 bits per heavy atom. The van der Waals surface area contributed by atoms with E-state index in [1.165, 1.54) is 19.2 Å². The molecule has 0 aliphatic rings. The minimum atomic E-state index is -3.72. The van der Waals surface area contributed by atoms with Crippen LogP contribution in [0.1, 0.15) is 48.3 Å². The van der Waals surface area contributed by atoms with Gasteiger partial charge >= 0.3 is 0 Å². The number of carbonyl (C=O) groups is 1. The maximum absolute atomic E-state index is 12.8. The Morgan fingerprint density at radius 2 is 1.73 bits per heavy atom. The number of ether oxygens (including phenoxy) is 2. The van der Waals surface area contributed by atoms with Crippen molar-refractivity contribution in [2.75, 3.05) is 20.3 Å². The van der Waals surface area contributed by atoms with Crippen LogP contribution in [0.3, 0.4) is 0 Å². The van der Waals surface area contributed by atoms with E-state index < -0.39 is 10.0 Å². The Labute approximate surface area is 178 Å². The highest BCUT2D eigenvalue weighted by molar-refractivity contribution is 7.89. The number of hydrogen-bond acceptors (Lipinski definition) is 5. The maximum atomic E-state index is 12.8. The van der Waals surface area contributed by atoms with E-state index in [9.17, 15) is 13.2 Å². The summed E-state index contributed by atoms with van der Waals surface area (Å²) in [5.41, 5.74) is 1.93. The lowest BCUT2D eigenvalue weighted by Gasteiger charge is -2.17. The van der Waals surface area contributed by atoms with Gasteiger partial charge in [0.05, 0.1) is 23.6 Å². The third-order valence-corrected chi connectivity index (χ3v) is 5.92. The van der Waals surface area contributed by atoms with Gasteiger partial charge in [-0.15, -0.1) is 0 Å². The zero-order valence-corrected chi connectivity index (χ0v) is 18.9. The molecule has 0 aliphatic heterocycles. The summed E-state index contributed by atoms with van der Waals surface area (Å²) in [6.07, 6.45) is 0.0866. The van der Waals surface area contributed by atoms with E-state index >= 15 is 0 Å². The average Bonchev–Trinajstić information content (AvgIpc) is 2.68. The number of aryl methyl sites for hydroxylation is 1. The number of amides is 1. The van der Waals surface area contributed by atoms with Crippen LogP contribution >= 0.6 is 0 Å². The van der Waals surface area contributed by atoms with Crippen molar-refractivity contribution in [3.05, 3.63) is 59.2 Å². The van der Waals surface area contributed by atoms with Crippen molar-refractivity contribution in [1.29, 1.82) is 0 Å². The van der Waals surface area contributed by atoms with E-state index in [2.05, 4.69) is 10.0 Å². The van der Waals surface area contributed by atoms with Crippen molar-refractivity contribution in [3.8, 4) is 5.75 Å². The van der Waals surface area contributed by atoms with Crippen molar-refractivity contribution in [1.82, 2.24) is 10.0 Å². The van der Waals surface area contributed by atoms with E-state index in [4.69, 9.17) is 9.47 Å². The molecule has 2 N–H and O–H groups in total. The van der Waals surface area contributed by atoms with E-state index in [-0.39, 0.29) is 36.1 Å². The Balaban J connectivity index is 2.14. The SMILES string of the molecule is COCCNS(=O)(=O)c1ccc(C)c(C(=O)NC(C)c2ccc(OC(C)C)cc2)c1. The average molecular weight is 435 g/mol. The topological polar surface area (TPSA) is 93.7 Å². The Hall–Kier alpha value is -2.42. The second-order valence-electron chi connectivity index (χ2n) is 7.30. The fourth-order valence-electron chi connectivity index (χ4n) is 2.84. The van der Waals surface area contributed by atoms with E-state index in [0.29, 0.717) is 11.1 Å². The maximum Gasteiger partial charge on any atom is 0.252 e. The summed E-state index contributed by atoms with van der Waals surface area (Å²) in [5, 5.41) is 2.93. The molecule has 0 aliphatic carbocycles. The number of hydrogen-bond donors (Lipinski definition) is 2. The monoisotopic (exact) mass is 434 g/mol.